The lowest BCUT2D eigenvalue weighted by molar-refractivity contribution is -0.137. The number of carbonyl (C=O) groups excluding carboxylic acids is 1. The van der Waals surface area contributed by atoms with Crippen LogP contribution in [0.1, 0.15) is 60.0 Å². The Kier molecular flexibility index (Phi) is 6.33. The third-order valence-corrected chi connectivity index (χ3v) is 8.84. The van der Waals surface area contributed by atoms with E-state index >= 15 is 0 Å². The van der Waals surface area contributed by atoms with Gasteiger partial charge in [0.15, 0.2) is 0 Å². The summed E-state index contributed by atoms with van der Waals surface area (Å²) < 4.78 is 86.2. The Bertz CT molecular complexity index is 1350. The average molecular weight is 562 g/mol. The van der Waals surface area contributed by atoms with Crippen LogP contribution in [0, 0.1) is 11.2 Å². The molecular weight excluding hydrogens is 538 g/mol. The molecule has 1 aromatic carbocycles. The molecular formula is C24H24ClF4N3O4S. The summed E-state index contributed by atoms with van der Waals surface area (Å²) in [5.41, 5.74) is -1.25. The zero-order valence-electron chi connectivity index (χ0n) is 19.7. The van der Waals surface area contributed by atoms with Gasteiger partial charge in [-0.1, -0.05) is 24.6 Å². The number of carbonyl (C=O) groups is 1. The van der Waals surface area contributed by atoms with E-state index in [4.69, 9.17) is 16.3 Å². The van der Waals surface area contributed by atoms with E-state index in [2.05, 4.69) is 4.98 Å². The Morgan fingerprint density at radius 2 is 1.92 bits per heavy atom. The summed E-state index contributed by atoms with van der Waals surface area (Å²) in [6.45, 7) is 2.61. The van der Waals surface area contributed by atoms with E-state index in [1.807, 2.05) is 11.6 Å². The van der Waals surface area contributed by atoms with Crippen molar-refractivity contribution in [1.82, 2.24) is 9.71 Å². The first kappa shape index (κ1) is 26.0. The van der Waals surface area contributed by atoms with Crippen LogP contribution in [0.2, 0.25) is 5.02 Å². The number of anilines is 1. The van der Waals surface area contributed by atoms with Crippen molar-refractivity contribution in [2.45, 2.75) is 50.0 Å². The molecule has 1 aliphatic heterocycles. The number of amides is 1. The van der Waals surface area contributed by atoms with Crippen LogP contribution in [0.3, 0.4) is 0 Å². The molecule has 7 nitrogen and oxygen atoms in total. The molecule has 0 unspecified atom stereocenters. The van der Waals surface area contributed by atoms with E-state index in [1.165, 1.54) is 0 Å². The fourth-order valence-electron chi connectivity index (χ4n) is 4.48. The van der Waals surface area contributed by atoms with Gasteiger partial charge in [0.05, 0.1) is 22.4 Å². The maximum atomic E-state index is 14.9. The molecule has 0 atom stereocenters. The van der Waals surface area contributed by atoms with Crippen LogP contribution in [0.4, 0.5) is 23.4 Å². The first-order chi connectivity index (χ1) is 17.3. The van der Waals surface area contributed by atoms with Gasteiger partial charge in [0.25, 0.3) is 5.91 Å². The Morgan fingerprint density at radius 1 is 1.24 bits per heavy atom. The number of nitrogens with zero attached hydrogens (tertiary/aromatic N) is 2. The summed E-state index contributed by atoms with van der Waals surface area (Å²) >= 11 is 6.05. The van der Waals surface area contributed by atoms with Crippen LogP contribution < -0.4 is 14.4 Å². The van der Waals surface area contributed by atoms with Crippen molar-refractivity contribution >= 4 is 33.3 Å². The van der Waals surface area contributed by atoms with Gasteiger partial charge in [-0.05, 0) is 49.3 Å². The highest BCUT2D eigenvalue weighted by molar-refractivity contribution is 7.91. The first-order valence-electron chi connectivity index (χ1n) is 11.8. The van der Waals surface area contributed by atoms with Crippen molar-refractivity contribution in [2.75, 3.05) is 24.6 Å². The smallest absolute Gasteiger partial charge is 0.417 e. The number of hydrogen-bond donors (Lipinski definition) is 1. The number of hydrogen-bond acceptors (Lipinski definition) is 6. The molecule has 1 saturated heterocycles. The quantitative estimate of drug-likeness (QED) is 0.461. The summed E-state index contributed by atoms with van der Waals surface area (Å²) in [6.07, 6.45) is -1.26. The average Bonchev–Trinajstić information content (AvgIpc) is 3.67. The molecule has 3 fully saturated rings. The minimum atomic E-state index is -4.56. The van der Waals surface area contributed by atoms with Crippen molar-refractivity contribution in [3.05, 3.63) is 51.9 Å². The normalized spacial score (nSPS) is 19.4. The maximum Gasteiger partial charge on any atom is 0.417 e. The monoisotopic (exact) mass is 561 g/mol. The van der Waals surface area contributed by atoms with Gasteiger partial charge in [0, 0.05) is 24.7 Å². The highest BCUT2D eigenvalue weighted by Crippen LogP contribution is 2.47. The number of ether oxygens (including phenoxy) is 1. The molecule has 200 valence electrons. The standard InChI is InChI=1S/C24H24ClF4N3O4S/c1-23(10-32(11-23)21-17(25)8-14(9-30-21)24(27,28)29)12-36-20-16(13-2-3-13)6-7-18(26)19(20)22(33)31-37(34,35)15-4-5-15/h6-9,13,15H,2-5,10-12H2,1H3,(H,31,33). The Labute approximate surface area is 216 Å². The third kappa shape index (κ3) is 5.36. The summed E-state index contributed by atoms with van der Waals surface area (Å²) in [7, 11) is -3.89. The predicted molar refractivity (Wildman–Crippen MR) is 128 cm³/mol. The molecule has 2 aromatic rings. The van der Waals surface area contributed by atoms with E-state index in [0.29, 0.717) is 31.5 Å². The second kappa shape index (κ2) is 9.00. The lowest BCUT2D eigenvalue weighted by Crippen LogP contribution is -2.58. The number of aromatic nitrogens is 1. The molecule has 0 spiro atoms. The number of benzene rings is 1. The number of sulfonamides is 1. The fraction of sp³-hybridized carbons (Fsp3) is 0.500. The van der Waals surface area contributed by atoms with Gasteiger partial charge >= 0.3 is 6.18 Å². The molecule has 3 aliphatic rings. The molecule has 5 rings (SSSR count). The lowest BCUT2D eigenvalue weighted by atomic mass is 9.82. The van der Waals surface area contributed by atoms with Gasteiger partial charge in [0.1, 0.15) is 22.9 Å². The number of nitrogens with one attached hydrogen (secondary N) is 1. The summed E-state index contributed by atoms with van der Waals surface area (Å²) in [5, 5.41) is -0.782. The van der Waals surface area contributed by atoms with Crippen molar-refractivity contribution < 1.29 is 35.5 Å². The molecule has 13 heteroatoms. The summed E-state index contributed by atoms with van der Waals surface area (Å²) in [6, 6.07) is 3.52. The molecule has 0 radical (unpaired) electrons. The molecule has 1 aromatic heterocycles. The van der Waals surface area contributed by atoms with Crippen molar-refractivity contribution in [3.63, 3.8) is 0 Å². The number of alkyl halides is 3. The highest BCUT2D eigenvalue weighted by Gasteiger charge is 2.43. The topological polar surface area (TPSA) is 88.6 Å². The van der Waals surface area contributed by atoms with E-state index in [0.717, 1.165) is 31.2 Å². The van der Waals surface area contributed by atoms with Gasteiger partial charge in [-0.2, -0.15) is 13.2 Å². The van der Waals surface area contributed by atoms with Crippen molar-refractivity contribution in [2.24, 2.45) is 5.41 Å². The zero-order chi connectivity index (χ0) is 26.8. The predicted octanol–water partition coefficient (Wildman–Crippen LogP) is 4.90. The van der Waals surface area contributed by atoms with E-state index < -0.39 is 49.7 Å². The summed E-state index contributed by atoms with van der Waals surface area (Å²) in [5.74, 6) is -1.63. The maximum absolute atomic E-state index is 14.9. The van der Waals surface area contributed by atoms with Crippen molar-refractivity contribution in [3.8, 4) is 5.75 Å². The van der Waals surface area contributed by atoms with Gasteiger partial charge < -0.3 is 9.64 Å². The Balaban J connectivity index is 1.32. The van der Waals surface area contributed by atoms with Crippen molar-refractivity contribution in [1.29, 1.82) is 0 Å². The van der Waals surface area contributed by atoms with E-state index in [1.54, 1.807) is 11.0 Å². The Hall–Kier alpha value is -2.60. The number of pyridine rings is 1. The van der Waals surface area contributed by atoms with Crippen LogP contribution in [-0.4, -0.2) is 44.3 Å². The SMILES string of the molecule is CC1(COc2c(C3CC3)ccc(F)c2C(=O)NS(=O)(=O)C2CC2)CN(c2ncc(C(F)(F)F)cc2Cl)C1. The van der Waals surface area contributed by atoms with Gasteiger partial charge in [-0.25, -0.2) is 22.5 Å². The van der Waals surface area contributed by atoms with Crippen LogP contribution in [-0.2, 0) is 16.2 Å². The molecule has 1 N–H and O–H groups in total. The van der Waals surface area contributed by atoms with Gasteiger partial charge in [-0.3, -0.25) is 4.79 Å². The second-order valence-electron chi connectivity index (χ2n) is 10.3. The number of rotatable bonds is 8. The van der Waals surface area contributed by atoms with Crippen LogP contribution in [0.15, 0.2) is 24.4 Å². The largest absolute Gasteiger partial charge is 0.492 e. The molecule has 0 bridgehead atoms. The first-order valence-corrected chi connectivity index (χ1v) is 13.7. The minimum absolute atomic E-state index is 0.0244. The van der Waals surface area contributed by atoms with Gasteiger partial charge in [0.2, 0.25) is 10.0 Å². The molecule has 2 heterocycles. The second-order valence-corrected chi connectivity index (χ2v) is 12.6. The highest BCUT2D eigenvalue weighted by atomic mass is 35.5. The third-order valence-electron chi connectivity index (χ3n) is 6.74. The van der Waals surface area contributed by atoms with Gasteiger partial charge in [-0.15, -0.1) is 0 Å². The minimum Gasteiger partial charge on any atom is -0.492 e. The number of halogens is 5. The van der Waals surface area contributed by atoms with E-state index in [9.17, 15) is 30.8 Å². The van der Waals surface area contributed by atoms with E-state index in [-0.39, 0.29) is 29.1 Å². The molecule has 1 amide bonds. The van der Waals surface area contributed by atoms with Crippen LogP contribution in [0.25, 0.3) is 0 Å². The van der Waals surface area contributed by atoms with Crippen LogP contribution in [0.5, 0.6) is 5.75 Å². The Morgan fingerprint density at radius 3 is 2.49 bits per heavy atom. The summed E-state index contributed by atoms with van der Waals surface area (Å²) in [4.78, 5) is 18.5. The lowest BCUT2D eigenvalue weighted by Gasteiger charge is -2.48. The van der Waals surface area contributed by atoms with Crippen LogP contribution >= 0.6 is 11.6 Å². The molecule has 2 saturated carbocycles. The molecule has 2 aliphatic carbocycles. The zero-order valence-corrected chi connectivity index (χ0v) is 21.3. The fourth-order valence-corrected chi connectivity index (χ4v) is 6.05. The molecule has 37 heavy (non-hydrogen) atoms.